The zero-order chi connectivity index (χ0) is 10.7. The highest BCUT2D eigenvalue weighted by Gasteiger charge is 2.49. The Labute approximate surface area is 90.3 Å². The van der Waals surface area contributed by atoms with E-state index < -0.39 is 0 Å². The Balaban J connectivity index is 1.71. The van der Waals surface area contributed by atoms with E-state index in [2.05, 4.69) is 0 Å². The minimum absolute atomic E-state index is 0.101. The van der Waals surface area contributed by atoms with Gasteiger partial charge in [-0.1, -0.05) is 37.3 Å². The first-order valence-corrected chi connectivity index (χ1v) is 5.32. The van der Waals surface area contributed by atoms with E-state index in [0.29, 0.717) is 19.1 Å². The van der Waals surface area contributed by atoms with Gasteiger partial charge in [0.2, 0.25) is 0 Å². The molecule has 0 aromatic heterocycles. The Morgan fingerprint density at radius 1 is 1.47 bits per heavy atom. The van der Waals surface area contributed by atoms with Gasteiger partial charge in [0.05, 0.1) is 13.2 Å². The number of rotatable bonds is 5. The molecule has 0 aliphatic heterocycles. The van der Waals surface area contributed by atoms with E-state index in [1.54, 1.807) is 0 Å². The normalized spacial score (nSPS) is 28.7. The van der Waals surface area contributed by atoms with Crippen molar-refractivity contribution in [3.05, 3.63) is 35.9 Å². The summed E-state index contributed by atoms with van der Waals surface area (Å²) in [6.07, 6.45) is 2.04. The molecule has 0 spiro atoms. The largest absolute Gasteiger partial charge is 0.376 e. The van der Waals surface area contributed by atoms with E-state index in [1.807, 2.05) is 37.3 Å². The second kappa shape index (κ2) is 4.15. The third kappa shape index (κ3) is 2.45. The maximum Gasteiger partial charge on any atom is 0.126 e. The molecule has 2 rings (SSSR count). The average Bonchev–Trinajstić information content (AvgIpc) is 2.92. The van der Waals surface area contributed by atoms with Crippen molar-refractivity contribution < 1.29 is 9.53 Å². The number of hydrogen-bond donors (Lipinski definition) is 0. The Bertz CT molecular complexity index is 334. The Kier molecular flexibility index (Phi) is 2.87. The van der Waals surface area contributed by atoms with Crippen molar-refractivity contribution in [3.8, 4) is 0 Å². The van der Waals surface area contributed by atoms with Crippen LogP contribution in [0.15, 0.2) is 30.3 Å². The van der Waals surface area contributed by atoms with Gasteiger partial charge in [0.15, 0.2) is 0 Å². The monoisotopic (exact) mass is 204 g/mol. The maximum atomic E-state index is 10.7. The van der Waals surface area contributed by atoms with Gasteiger partial charge >= 0.3 is 0 Å². The molecule has 1 aromatic rings. The van der Waals surface area contributed by atoms with Gasteiger partial charge in [-0.3, -0.25) is 0 Å². The summed E-state index contributed by atoms with van der Waals surface area (Å²) in [5.41, 5.74) is 1.09. The van der Waals surface area contributed by atoms with Crippen LogP contribution in [0.1, 0.15) is 18.9 Å². The standard InChI is InChI=1S/C13H16O2/c1-13(10-14)7-12(13)9-15-8-11-5-3-2-4-6-11/h2-6,10,12H,7-9H2,1H3/t12-,13+/m0/s1. The average molecular weight is 204 g/mol. The molecule has 1 saturated carbocycles. The fraction of sp³-hybridized carbons (Fsp3) is 0.462. The van der Waals surface area contributed by atoms with Gasteiger partial charge in [-0.2, -0.15) is 0 Å². The second-order valence-corrected chi connectivity index (χ2v) is 4.53. The van der Waals surface area contributed by atoms with Gasteiger partial charge in [0, 0.05) is 5.41 Å². The summed E-state index contributed by atoms with van der Waals surface area (Å²) in [6.45, 7) is 3.34. The highest BCUT2D eigenvalue weighted by Crippen LogP contribution is 2.50. The maximum absolute atomic E-state index is 10.7. The summed E-state index contributed by atoms with van der Waals surface area (Å²) in [7, 11) is 0. The van der Waals surface area contributed by atoms with Crippen LogP contribution in [0.25, 0.3) is 0 Å². The molecular formula is C13H16O2. The summed E-state index contributed by atoms with van der Waals surface area (Å²) >= 11 is 0. The first kappa shape index (κ1) is 10.4. The molecule has 0 radical (unpaired) electrons. The lowest BCUT2D eigenvalue weighted by Gasteiger charge is -2.04. The zero-order valence-corrected chi connectivity index (χ0v) is 8.98. The lowest BCUT2D eigenvalue weighted by Crippen LogP contribution is -2.05. The van der Waals surface area contributed by atoms with Crippen molar-refractivity contribution in [2.75, 3.05) is 6.61 Å². The lowest BCUT2D eigenvalue weighted by molar-refractivity contribution is -0.112. The Morgan fingerprint density at radius 3 is 2.80 bits per heavy atom. The Hall–Kier alpha value is -1.15. The van der Waals surface area contributed by atoms with Crippen molar-refractivity contribution in [1.82, 2.24) is 0 Å². The van der Waals surface area contributed by atoms with Crippen LogP contribution >= 0.6 is 0 Å². The topological polar surface area (TPSA) is 26.3 Å². The molecule has 0 heterocycles. The number of ether oxygens (including phenoxy) is 1. The first-order chi connectivity index (χ1) is 7.24. The molecule has 0 saturated heterocycles. The Morgan fingerprint density at radius 2 is 2.20 bits per heavy atom. The molecule has 0 bridgehead atoms. The van der Waals surface area contributed by atoms with Crippen LogP contribution in [0, 0.1) is 11.3 Å². The predicted molar refractivity (Wildman–Crippen MR) is 58.4 cm³/mol. The van der Waals surface area contributed by atoms with Crippen LogP contribution in [-0.4, -0.2) is 12.9 Å². The van der Waals surface area contributed by atoms with Gasteiger partial charge in [0.1, 0.15) is 6.29 Å². The smallest absolute Gasteiger partial charge is 0.126 e. The summed E-state index contributed by atoms with van der Waals surface area (Å²) in [5.74, 6) is 0.429. The van der Waals surface area contributed by atoms with Crippen LogP contribution in [0.2, 0.25) is 0 Å². The number of carbonyl (C=O) groups is 1. The molecule has 0 unspecified atom stereocenters. The summed E-state index contributed by atoms with van der Waals surface area (Å²) in [4.78, 5) is 10.7. The highest BCUT2D eigenvalue weighted by molar-refractivity contribution is 5.63. The number of benzene rings is 1. The van der Waals surface area contributed by atoms with E-state index in [-0.39, 0.29) is 5.41 Å². The molecular weight excluding hydrogens is 188 g/mol. The van der Waals surface area contributed by atoms with Gasteiger partial charge in [-0.25, -0.2) is 0 Å². The van der Waals surface area contributed by atoms with E-state index >= 15 is 0 Å². The number of hydrogen-bond acceptors (Lipinski definition) is 2. The molecule has 2 heteroatoms. The zero-order valence-electron chi connectivity index (χ0n) is 8.98. The van der Waals surface area contributed by atoms with E-state index in [0.717, 1.165) is 12.7 Å². The minimum Gasteiger partial charge on any atom is -0.376 e. The molecule has 1 aromatic carbocycles. The molecule has 1 aliphatic carbocycles. The van der Waals surface area contributed by atoms with E-state index in [4.69, 9.17) is 4.74 Å². The highest BCUT2D eigenvalue weighted by atomic mass is 16.5. The summed E-state index contributed by atoms with van der Waals surface area (Å²) in [5, 5.41) is 0. The third-order valence-electron chi connectivity index (χ3n) is 3.16. The number of aldehydes is 1. The molecule has 2 nitrogen and oxygen atoms in total. The van der Waals surface area contributed by atoms with E-state index in [1.165, 1.54) is 5.56 Å². The van der Waals surface area contributed by atoms with Crippen LogP contribution in [0.4, 0.5) is 0 Å². The summed E-state index contributed by atoms with van der Waals surface area (Å²) < 4.78 is 5.58. The second-order valence-electron chi connectivity index (χ2n) is 4.53. The van der Waals surface area contributed by atoms with Crippen LogP contribution < -0.4 is 0 Å². The van der Waals surface area contributed by atoms with Gasteiger partial charge in [0.25, 0.3) is 0 Å². The van der Waals surface area contributed by atoms with Crippen LogP contribution in [-0.2, 0) is 16.1 Å². The van der Waals surface area contributed by atoms with Gasteiger partial charge in [-0.15, -0.1) is 0 Å². The number of carbonyl (C=O) groups excluding carboxylic acids is 1. The minimum atomic E-state index is -0.101. The quantitative estimate of drug-likeness (QED) is 0.688. The van der Waals surface area contributed by atoms with Gasteiger partial charge in [-0.05, 0) is 17.9 Å². The molecule has 1 aliphatic rings. The summed E-state index contributed by atoms with van der Waals surface area (Å²) in [6, 6.07) is 10.1. The third-order valence-corrected chi connectivity index (χ3v) is 3.16. The predicted octanol–water partition coefficient (Wildman–Crippen LogP) is 2.43. The fourth-order valence-corrected chi connectivity index (χ4v) is 1.76. The fourth-order valence-electron chi connectivity index (χ4n) is 1.76. The molecule has 0 N–H and O–H groups in total. The lowest BCUT2D eigenvalue weighted by atomic mass is 10.1. The molecule has 0 amide bonds. The van der Waals surface area contributed by atoms with E-state index in [9.17, 15) is 4.79 Å². The van der Waals surface area contributed by atoms with Crippen LogP contribution in [0.3, 0.4) is 0 Å². The van der Waals surface area contributed by atoms with Crippen molar-refractivity contribution in [3.63, 3.8) is 0 Å². The molecule has 1 fully saturated rings. The van der Waals surface area contributed by atoms with Crippen molar-refractivity contribution in [2.45, 2.75) is 20.0 Å². The molecule has 80 valence electrons. The molecule has 2 atom stereocenters. The SMILES string of the molecule is C[C@]1(C=O)C[C@H]1COCc1ccccc1. The van der Waals surface area contributed by atoms with Crippen molar-refractivity contribution in [2.24, 2.45) is 11.3 Å². The first-order valence-electron chi connectivity index (χ1n) is 5.32. The van der Waals surface area contributed by atoms with Crippen LogP contribution in [0.5, 0.6) is 0 Å². The molecule has 15 heavy (non-hydrogen) atoms. The van der Waals surface area contributed by atoms with Crippen molar-refractivity contribution in [1.29, 1.82) is 0 Å². The van der Waals surface area contributed by atoms with Gasteiger partial charge < -0.3 is 9.53 Å². The van der Waals surface area contributed by atoms with Crippen molar-refractivity contribution >= 4 is 6.29 Å².